The van der Waals surface area contributed by atoms with E-state index in [9.17, 15) is 9.32 Å². The molecule has 1 radical (unpaired) electrons. The van der Waals surface area contributed by atoms with Crippen molar-refractivity contribution in [3.63, 3.8) is 0 Å². The Hall–Kier alpha value is -0.800. The van der Waals surface area contributed by atoms with Gasteiger partial charge in [-0.1, -0.05) is 29.8 Å². The van der Waals surface area contributed by atoms with Crippen LogP contribution in [-0.4, -0.2) is 6.61 Å². The third kappa shape index (κ3) is 2.09. The van der Waals surface area contributed by atoms with Crippen molar-refractivity contribution in [3.8, 4) is 0 Å². The second-order valence-corrected chi connectivity index (χ2v) is 3.43. The third-order valence-electron chi connectivity index (χ3n) is 1.68. The molecular formula is C9H10O2S+. The van der Waals surface area contributed by atoms with E-state index in [4.69, 9.17) is 0 Å². The largest absolute Gasteiger partial charge is 0.469 e. The number of benzene rings is 1. The van der Waals surface area contributed by atoms with Crippen LogP contribution in [0.4, 0.5) is 0 Å². The first-order valence-electron chi connectivity index (χ1n) is 3.71. The average molecular weight is 182 g/mol. The molecule has 0 saturated heterocycles. The molecule has 0 heterocycles. The van der Waals surface area contributed by atoms with Gasteiger partial charge in [0, 0.05) is 9.77 Å². The summed E-state index contributed by atoms with van der Waals surface area (Å²) < 4.78 is 10.5. The fraction of sp³-hybridized carbons (Fsp3) is 0.333. The molecule has 3 heteroatoms. The van der Waals surface area contributed by atoms with Gasteiger partial charge < -0.3 is 0 Å². The first-order valence-corrected chi connectivity index (χ1v) is 4.51. The summed E-state index contributed by atoms with van der Waals surface area (Å²) in [5, 5.41) is 10.1. The summed E-state index contributed by atoms with van der Waals surface area (Å²) in [7, 11) is 0. The van der Waals surface area contributed by atoms with Crippen LogP contribution < -0.4 is 0 Å². The van der Waals surface area contributed by atoms with Gasteiger partial charge in [0.15, 0.2) is 0 Å². The van der Waals surface area contributed by atoms with Crippen LogP contribution in [0.2, 0.25) is 0 Å². The molecular weight excluding hydrogens is 172 g/mol. The van der Waals surface area contributed by atoms with E-state index in [1.165, 1.54) is 0 Å². The van der Waals surface area contributed by atoms with Crippen molar-refractivity contribution < 1.29 is 9.32 Å². The lowest BCUT2D eigenvalue weighted by molar-refractivity contribution is 0.194. The number of rotatable bonds is 3. The van der Waals surface area contributed by atoms with Gasteiger partial charge in [0.25, 0.3) is 5.25 Å². The van der Waals surface area contributed by atoms with Crippen molar-refractivity contribution in [2.24, 2.45) is 0 Å². The average Bonchev–Trinajstić information content (AvgIpc) is 2.07. The van der Waals surface area contributed by atoms with Crippen molar-refractivity contribution in [1.82, 2.24) is 0 Å². The molecule has 0 fully saturated rings. The molecule has 12 heavy (non-hydrogen) atoms. The molecule has 0 bridgehead atoms. The van der Waals surface area contributed by atoms with Gasteiger partial charge in [0.1, 0.15) is 6.61 Å². The molecule has 0 aliphatic carbocycles. The number of hydrogen-bond acceptors (Lipinski definition) is 1. The van der Waals surface area contributed by atoms with Crippen LogP contribution in [-0.2, 0) is 21.0 Å². The van der Waals surface area contributed by atoms with E-state index >= 15 is 0 Å². The molecule has 1 aromatic rings. The maximum atomic E-state index is 10.6. The summed E-state index contributed by atoms with van der Waals surface area (Å²) in [4.78, 5) is 0. The molecule has 0 saturated carbocycles. The highest BCUT2D eigenvalue weighted by molar-refractivity contribution is 7.65. The first kappa shape index (κ1) is 9.29. The minimum Gasteiger partial charge on any atom is -0.230 e. The van der Waals surface area contributed by atoms with Crippen molar-refractivity contribution in [2.45, 2.75) is 12.2 Å². The van der Waals surface area contributed by atoms with Crippen LogP contribution >= 0.6 is 0 Å². The summed E-state index contributed by atoms with van der Waals surface area (Å²) in [6, 6.07) is 7.51. The van der Waals surface area contributed by atoms with Crippen molar-refractivity contribution in [1.29, 1.82) is 0 Å². The van der Waals surface area contributed by atoms with Crippen LogP contribution in [0.25, 0.3) is 0 Å². The van der Waals surface area contributed by atoms with E-state index in [0.29, 0.717) is 11.7 Å². The Bertz CT molecular complexity index is 273. The van der Waals surface area contributed by atoms with Crippen molar-refractivity contribution in [2.75, 3.05) is 6.61 Å². The molecule has 0 aliphatic heterocycles. The van der Waals surface area contributed by atoms with E-state index in [1.54, 1.807) is 0 Å². The topological polar surface area (TPSA) is 37.0 Å². The molecule has 0 aliphatic rings. The maximum Gasteiger partial charge on any atom is 0.469 e. The summed E-state index contributed by atoms with van der Waals surface area (Å²) in [6.07, 6.45) is 0. The zero-order valence-corrected chi connectivity index (χ0v) is 7.64. The predicted molar refractivity (Wildman–Crippen MR) is 47.5 cm³/mol. The highest BCUT2D eigenvalue weighted by atomic mass is 32.1. The maximum absolute atomic E-state index is 10.6. The normalized spacial score (nSPS) is 12.5. The van der Waals surface area contributed by atoms with Gasteiger partial charge in [-0.2, -0.15) is 0 Å². The number of aryl methyl sites for hydroxylation is 1. The standard InChI is InChI=1S/C9H10O2S/c1-7-3-2-4-8(5-7)9(6-10)12-11/h2-5,9H,6H2,1H3/q+1. The van der Waals surface area contributed by atoms with Gasteiger partial charge in [-0.15, -0.1) is 0 Å². The Morgan fingerprint density at radius 2 is 2.25 bits per heavy atom. The quantitative estimate of drug-likeness (QED) is 0.658. The third-order valence-corrected chi connectivity index (χ3v) is 2.32. The molecule has 1 atom stereocenters. The fourth-order valence-corrected chi connectivity index (χ4v) is 1.36. The van der Waals surface area contributed by atoms with Gasteiger partial charge in [0.2, 0.25) is 0 Å². The van der Waals surface area contributed by atoms with Crippen molar-refractivity contribution >= 4 is 11.7 Å². The van der Waals surface area contributed by atoms with E-state index in [0.717, 1.165) is 11.1 Å². The van der Waals surface area contributed by atoms with Gasteiger partial charge in [-0.05, 0) is 6.92 Å². The molecule has 63 valence electrons. The lowest BCUT2D eigenvalue weighted by Gasteiger charge is -1.97. The van der Waals surface area contributed by atoms with Gasteiger partial charge in [0.05, 0.1) is 0 Å². The summed E-state index contributed by atoms with van der Waals surface area (Å²) in [6.45, 7) is 1.60. The monoisotopic (exact) mass is 182 g/mol. The SMILES string of the molecule is Cc1cccc(C(C[O])[S+]=O)c1. The van der Waals surface area contributed by atoms with Crippen LogP contribution in [0.3, 0.4) is 0 Å². The molecule has 1 aromatic carbocycles. The van der Waals surface area contributed by atoms with Crippen LogP contribution in [0, 0.1) is 6.92 Å². The minimum absolute atomic E-state index is 0.350. The van der Waals surface area contributed by atoms with E-state index in [-0.39, 0.29) is 6.61 Å². The Morgan fingerprint density at radius 1 is 1.50 bits per heavy atom. The predicted octanol–water partition coefficient (Wildman–Crippen LogP) is 1.89. The number of hydrogen-bond donors (Lipinski definition) is 0. The fourth-order valence-electron chi connectivity index (χ4n) is 1.05. The zero-order valence-electron chi connectivity index (χ0n) is 6.82. The van der Waals surface area contributed by atoms with E-state index < -0.39 is 5.25 Å². The highest BCUT2D eigenvalue weighted by Gasteiger charge is 2.23. The van der Waals surface area contributed by atoms with Crippen LogP contribution in [0.5, 0.6) is 0 Å². The molecule has 0 N–H and O–H groups in total. The van der Waals surface area contributed by atoms with E-state index in [2.05, 4.69) is 0 Å². The van der Waals surface area contributed by atoms with Gasteiger partial charge in [-0.25, -0.2) is 5.11 Å². The summed E-state index contributed by atoms with van der Waals surface area (Å²) >= 11 is 0.369. The molecule has 0 aromatic heterocycles. The first-order chi connectivity index (χ1) is 5.77. The Balaban J connectivity index is 2.93. The molecule has 1 rings (SSSR count). The second kappa shape index (κ2) is 4.28. The Labute approximate surface area is 75.7 Å². The van der Waals surface area contributed by atoms with Gasteiger partial charge in [-0.3, -0.25) is 0 Å². The van der Waals surface area contributed by atoms with Crippen LogP contribution in [0.15, 0.2) is 24.3 Å². The Kier molecular flexibility index (Phi) is 3.31. The van der Waals surface area contributed by atoms with Crippen LogP contribution in [0.1, 0.15) is 16.4 Å². The Morgan fingerprint density at radius 3 is 2.75 bits per heavy atom. The summed E-state index contributed by atoms with van der Waals surface area (Å²) in [5.41, 5.74) is 1.92. The van der Waals surface area contributed by atoms with Crippen molar-refractivity contribution in [3.05, 3.63) is 35.4 Å². The van der Waals surface area contributed by atoms with Gasteiger partial charge >= 0.3 is 11.7 Å². The molecule has 1 unspecified atom stereocenters. The smallest absolute Gasteiger partial charge is 0.230 e. The molecule has 0 amide bonds. The van der Waals surface area contributed by atoms with E-state index in [1.807, 2.05) is 31.2 Å². The lowest BCUT2D eigenvalue weighted by Crippen LogP contribution is -2.00. The summed E-state index contributed by atoms with van der Waals surface area (Å²) in [5.74, 6) is 0. The lowest BCUT2D eigenvalue weighted by atomic mass is 10.1. The molecule has 0 spiro atoms. The minimum atomic E-state index is -0.440. The zero-order chi connectivity index (χ0) is 8.97. The highest BCUT2D eigenvalue weighted by Crippen LogP contribution is 2.15. The second-order valence-electron chi connectivity index (χ2n) is 2.67. The molecule has 2 nitrogen and oxygen atoms in total.